The molecule has 0 aliphatic carbocycles. The third-order valence-electron chi connectivity index (χ3n) is 4.85. The third kappa shape index (κ3) is 2.94. The van der Waals surface area contributed by atoms with Gasteiger partial charge >= 0.3 is 11.9 Å². The SMILES string of the molecule is CCOC(=O)c1cnc2c(OC)cccc2c1N1CCC(C)(C(=O)O)C1. The molecule has 0 spiro atoms. The lowest BCUT2D eigenvalue weighted by atomic mass is 9.90. The number of benzene rings is 1. The molecule has 0 radical (unpaired) electrons. The summed E-state index contributed by atoms with van der Waals surface area (Å²) in [6, 6.07) is 5.49. The van der Waals surface area contributed by atoms with Gasteiger partial charge in [0.15, 0.2) is 0 Å². The van der Waals surface area contributed by atoms with Gasteiger partial charge in [-0.05, 0) is 26.3 Å². The molecule has 1 aromatic carbocycles. The second-order valence-corrected chi connectivity index (χ2v) is 6.63. The Labute approximate surface area is 151 Å². The van der Waals surface area contributed by atoms with Crippen molar-refractivity contribution in [1.29, 1.82) is 0 Å². The molecule has 138 valence electrons. The van der Waals surface area contributed by atoms with Crippen LogP contribution in [0.25, 0.3) is 10.9 Å². The van der Waals surface area contributed by atoms with Crippen molar-refractivity contribution in [2.24, 2.45) is 5.41 Å². The number of hydrogen-bond acceptors (Lipinski definition) is 6. The molecule has 1 N–H and O–H groups in total. The van der Waals surface area contributed by atoms with Crippen molar-refractivity contribution < 1.29 is 24.2 Å². The summed E-state index contributed by atoms with van der Waals surface area (Å²) in [5.74, 6) is -0.711. The first-order valence-electron chi connectivity index (χ1n) is 8.52. The summed E-state index contributed by atoms with van der Waals surface area (Å²) >= 11 is 0. The molecule has 1 aliphatic rings. The van der Waals surface area contributed by atoms with Gasteiger partial charge in [-0.2, -0.15) is 0 Å². The molecular formula is C19H22N2O5. The lowest BCUT2D eigenvalue weighted by Crippen LogP contribution is -2.32. The number of aromatic nitrogens is 1. The number of methoxy groups -OCH3 is 1. The van der Waals surface area contributed by atoms with E-state index < -0.39 is 17.4 Å². The van der Waals surface area contributed by atoms with Crippen molar-refractivity contribution in [3.63, 3.8) is 0 Å². The van der Waals surface area contributed by atoms with Crippen LogP contribution in [0.2, 0.25) is 0 Å². The highest BCUT2D eigenvalue weighted by atomic mass is 16.5. The molecule has 1 aromatic heterocycles. The summed E-state index contributed by atoms with van der Waals surface area (Å²) in [5.41, 5.74) is 0.752. The van der Waals surface area contributed by atoms with Crippen LogP contribution in [0.4, 0.5) is 5.69 Å². The normalized spacial score (nSPS) is 19.6. The van der Waals surface area contributed by atoms with E-state index in [2.05, 4.69) is 4.98 Å². The molecule has 1 atom stereocenters. The number of aliphatic carboxylic acids is 1. The zero-order valence-corrected chi connectivity index (χ0v) is 15.1. The lowest BCUT2D eigenvalue weighted by Gasteiger charge is -2.25. The Morgan fingerprint density at radius 2 is 2.15 bits per heavy atom. The summed E-state index contributed by atoms with van der Waals surface area (Å²) < 4.78 is 10.6. The standard InChI is InChI=1S/C19H22N2O5/c1-4-26-17(22)13-10-20-15-12(6-5-7-14(15)25-3)16(13)21-9-8-19(2,11-21)18(23)24/h5-7,10H,4,8-9,11H2,1-3H3,(H,23,24). The third-order valence-corrected chi connectivity index (χ3v) is 4.85. The van der Waals surface area contributed by atoms with Gasteiger partial charge in [0.05, 0.1) is 24.8 Å². The number of hydrogen-bond donors (Lipinski definition) is 1. The highest BCUT2D eigenvalue weighted by molar-refractivity contribution is 6.06. The minimum absolute atomic E-state index is 0.251. The molecule has 7 heteroatoms. The molecule has 3 rings (SSSR count). The number of para-hydroxylation sites is 1. The molecule has 0 saturated carbocycles. The number of pyridine rings is 1. The highest BCUT2D eigenvalue weighted by Crippen LogP contribution is 2.40. The largest absolute Gasteiger partial charge is 0.494 e. The Bertz CT molecular complexity index is 866. The summed E-state index contributed by atoms with van der Waals surface area (Å²) in [4.78, 5) is 30.4. The summed E-state index contributed by atoms with van der Waals surface area (Å²) in [7, 11) is 1.56. The molecule has 2 aromatic rings. The van der Waals surface area contributed by atoms with Crippen LogP contribution in [0, 0.1) is 5.41 Å². The predicted molar refractivity (Wildman–Crippen MR) is 96.8 cm³/mol. The molecule has 26 heavy (non-hydrogen) atoms. The first-order chi connectivity index (χ1) is 12.4. The number of rotatable bonds is 5. The minimum Gasteiger partial charge on any atom is -0.494 e. The van der Waals surface area contributed by atoms with Gasteiger partial charge < -0.3 is 19.5 Å². The fraction of sp³-hybridized carbons (Fsp3) is 0.421. The van der Waals surface area contributed by atoms with E-state index in [4.69, 9.17) is 9.47 Å². The maximum Gasteiger partial charge on any atom is 0.341 e. The van der Waals surface area contributed by atoms with E-state index in [0.717, 1.165) is 5.39 Å². The minimum atomic E-state index is -0.861. The number of carbonyl (C=O) groups excluding carboxylic acids is 1. The van der Waals surface area contributed by atoms with Gasteiger partial charge in [0.1, 0.15) is 16.8 Å². The Balaban J connectivity index is 2.18. The molecule has 0 bridgehead atoms. The van der Waals surface area contributed by atoms with Crippen LogP contribution in [-0.2, 0) is 9.53 Å². The molecule has 1 aliphatic heterocycles. The molecule has 0 amide bonds. The van der Waals surface area contributed by atoms with Gasteiger partial charge in [-0.3, -0.25) is 9.78 Å². The van der Waals surface area contributed by atoms with E-state index in [1.807, 2.05) is 17.0 Å². The fourth-order valence-corrected chi connectivity index (χ4v) is 3.37. The van der Waals surface area contributed by atoms with Crippen LogP contribution < -0.4 is 9.64 Å². The molecule has 1 unspecified atom stereocenters. The van der Waals surface area contributed by atoms with Gasteiger partial charge in [-0.25, -0.2) is 4.79 Å². The Morgan fingerprint density at radius 1 is 1.38 bits per heavy atom. The number of anilines is 1. The van der Waals surface area contributed by atoms with Crippen molar-refractivity contribution in [2.75, 3.05) is 31.7 Å². The summed E-state index contributed by atoms with van der Waals surface area (Å²) in [6.07, 6.45) is 1.98. The Morgan fingerprint density at radius 3 is 2.77 bits per heavy atom. The van der Waals surface area contributed by atoms with Crippen LogP contribution >= 0.6 is 0 Å². The van der Waals surface area contributed by atoms with Crippen LogP contribution in [0.3, 0.4) is 0 Å². The van der Waals surface area contributed by atoms with Crippen molar-refractivity contribution in [3.05, 3.63) is 30.0 Å². The van der Waals surface area contributed by atoms with Gasteiger partial charge in [-0.1, -0.05) is 12.1 Å². The quantitative estimate of drug-likeness (QED) is 0.822. The van der Waals surface area contributed by atoms with E-state index in [0.29, 0.717) is 42.0 Å². The smallest absolute Gasteiger partial charge is 0.341 e. The summed E-state index contributed by atoms with van der Waals surface area (Å²) in [5, 5.41) is 10.3. The number of carboxylic acids is 1. The Kier molecular flexibility index (Phi) is 4.71. The monoisotopic (exact) mass is 358 g/mol. The molecule has 7 nitrogen and oxygen atoms in total. The number of fused-ring (bicyclic) bond motifs is 1. The van der Waals surface area contributed by atoms with E-state index in [-0.39, 0.29) is 6.61 Å². The van der Waals surface area contributed by atoms with Crippen molar-refractivity contribution in [3.8, 4) is 5.75 Å². The second-order valence-electron chi connectivity index (χ2n) is 6.63. The number of ether oxygens (including phenoxy) is 2. The highest BCUT2D eigenvalue weighted by Gasteiger charge is 2.42. The zero-order valence-electron chi connectivity index (χ0n) is 15.1. The van der Waals surface area contributed by atoms with Crippen LogP contribution in [0.5, 0.6) is 5.75 Å². The number of carboxylic acid groups (broad SMARTS) is 1. The lowest BCUT2D eigenvalue weighted by molar-refractivity contribution is -0.146. The fourth-order valence-electron chi connectivity index (χ4n) is 3.37. The average molecular weight is 358 g/mol. The number of carbonyl (C=O) groups is 2. The zero-order chi connectivity index (χ0) is 18.9. The molecule has 2 heterocycles. The van der Waals surface area contributed by atoms with Gasteiger partial charge in [0, 0.05) is 24.7 Å². The van der Waals surface area contributed by atoms with Gasteiger partial charge in [-0.15, -0.1) is 0 Å². The predicted octanol–water partition coefficient (Wildman–Crippen LogP) is 2.72. The average Bonchev–Trinajstić information content (AvgIpc) is 3.03. The molecule has 1 saturated heterocycles. The van der Waals surface area contributed by atoms with Gasteiger partial charge in [0.25, 0.3) is 0 Å². The van der Waals surface area contributed by atoms with Crippen LogP contribution in [0.1, 0.15) is 30.6 Å². The van der Waals surface area contributed by atoms with E-state index in [1.54, 1.807) is 27.0 Å². The van der Waals surface area contributed by atoms with E-state index in [9.17, 15) is 14.7 Å². The van der Waals surface area contributed by atoms with E-state index in [1.165, 1.54) is 6.20 Å². The van der Waals surface area contributed by atoms with Crippen molar-refractivity contribution >= 4 is 28.5 Å². The number of nitrogens with zero attached hydrogens (tertiary/aromatic N) is 2. The van der Waals surface area contributed by atoms with Crippen LogP contribution in [-0.4, -0.2) is 48.8 Å². The summed E-state index contributed by atoms with van der Waals surface area (Å²) in [6.45, 7) is 4.56. The maximum absolute atomic E-state index is 12.5. The van der Waals surface area contributed by atoms with Crippen molar-refractivity contribution in [1.82, 2.24) is 4.98 Å². The Hall–Kier alpha value is -2.83. The first-order valence-corrected chi connectivity index (χ1v) is 8.52. The van der Waals surface area contributed by atoms with Crippen molar-refractivity contribution in [2.45, 2.75) is 20.3 Å². The molecule has 1 fully saturated rings. The van der Waals surface area contributed by atoms with Crippen LogP contribution in [0.15, 0.2) is 24.4 Å². The van der Waals surface area contributed by atoms with Gasteiger partial charge in [0.2, 0.25) is 0 Å². The topological polar surface area (TPSA) is 89.0 Å². The van der Waals surface area contributed by atoms with E-state index >= 15 is 0 Å². The number of esters is 1. The maximum atomic E-state index is 12.5. The molecular weight excluding hydrogens is 336 g/mol. The second kappa shape index (κ2) is 6.82. The first kappa shape index (κ1) is 18.0.